The number of carbonyl (C=O) groups excluding carboxylic acids is 6. The number of nitrogens with one attached hydrogen (secondary N) is 1. The fourth-order valence-electron chi connectivity index (χ4n) is 10.6. The Morgan fingerprint density at radius 2 is 1.50 bits per heavy atom. The van der Waals surface area contributed by atoms with E-state index in [2.05, 4.69) is 21.2 Å². The highest BCUT2D eigenvalue weighted by Crippen LogP contribution is 2.64. The van der Waals surface area contributed by atoms with Crippen LogP contribution in [0.2, 0.25) is 0 Å². The van der Waals surface area contributed by atoms with Crippen LogP contribution in [-0.2, 0) is 64.0 Å². The molecule has 16 nitrogen and oxygen atoms in total. The number of benzene rings is 3. The van der Waals surface area contributed by atoms with Crippen molar-refractivity contribution in [2.45, 2.75) is 133 Å². The van der Waals surface area contributed by atoms with E-state index in [1.807, 2.05) is 6.07 Å². The summed E-state index contributed by atoms with van der Waals surface area (Å²) >= 11 is 3.32. The van der Waals surface area contributed by atoms with Crippen LogP contribution in [0.3, 0.4) is 0 Å². The maximum Gasteiger partial charge on any atom is 0.350 e. The summed E-state index contributed by atoms with van der Waals surface area (Å²) in [6.45, 7) is 9.86. The lowest BCUT2D eigenvalue weighted by Gasteiger charge is -2.67. The molecule has 0 aromatic heterocycles. The van der Waals surface area contributed by atoms with Crippen molar-refractivity contribution in [2.24, 2.45) is 16.7 Å². The summed E-state index contributed by atoms with van der Waals surface area (Å²) in [6.07, 6.45) is -9.70. The molecule has 3 aromatic rings. The predicted octanol–water partition coefficient (Wildman–Crippen LogP) is 5.75. The minimum absolute atomic E-state index is 0.0401. The first kappa shape index (κ1) is 50.6. The van der Waals surface area contributed by atoms with Crippen LogP contribution in [0.1, 0.15) is 95.3 Å². The molecule has 17 heteroatoms. The first-order valence-electron chi connectivity index (χ1n) is 22.6. The molecule has 3 aliphatic carbocycles. The van der Waals surface area contributed by atoms with Crippen molar-refractivity contribution >= 4 is 51.5 Å². The Kier molecular flexibility index (Phi) is 14.9. The highest BCUT2D eigenvalue weighted by molar-refractivity contribution is 9.10. The van der Waals surface area contributed by atoms with Gasteiger partial charge in [0.15, 0.2) is 17.5 Å². The number of hydrogen-bond donors (Lipinski definition) is 3. The van der Waals surface area contributed by atoms with Crippen LogP contribution in [0, 0.1) is 16.7 Å². The molecule has 3 N–H and O–H groups in total. The van der Waals surface area contributed by atoms with Crippen molar-refractivity contribution in [2.75, 3.05) is 6.61 Å². The molecule has 68 heavy (non-hydrogen) atoms. The van der Waals surface area contributed by atoms with Gasteiger partial charge in [0.05, 0.1) is 24.0 Å². The standard InChI is InChI=1S/C51H58BrNO15/c1-8-34(52)46(59)66-41(39(32-20-14-10-15-21-32)53-45(58)33-22-16-11-17-23-33)47(60)65-35-25-51(61)44(68-63-26-31-18-12-9-13-19-31)42-49(7,36(56)24-37-50(42,27-62-37)67-30(4)55)43(57)40(64-29(3)54)38(28(35)2)48(51,5)6/h9-23,34-37,39-42,44,56,61H,8,24-27H2,1-7H3,(H,53,58)/t34?,35-,36-,37+,39-,40+,41+,42-,44-,49+,50-,51+/m0/s1. The van der Waals surface area contributed by atoms with Crippen molar-refractivity contribution in [1.29, 1.82) is 0 Å². The molecule has 1 unspecified atom stereocenters. The van der Waals surface area contributed by atoms with Crippen LogP contribution in [0.25, 0.3) is 0 Å². The Morgan fingerprint density at radius 3 is 2.07 bits per heavy atom. The fourth-order valence-corrected chi connectivity index (χ4v) is 10.7. The van der Waals surface area contributed by atoms with Gasteiger partial charge in [0.25, 0.3) is 5.91 Å². The third-order valence-electron chi connectivity index (χ3n) is 14.3. The van der Waals surface area contributed by atoms with Gasteiger partial charge in [0, 0.05) is 37.7 Å². The number of alkyl halides is 1. The SMILES string of the molecule is CCC(Br)C(=O)O[C@@H](C(=O)O[C@H]1C[C@@]2(O)[C@@H](OOCc3ccccc3)[C@@H]3[C@]4(OC(C)=O)CO[C@@H]4C[C@H](O)[C@@]3(C)C(=O)[C@H](OC(C)=O)C(=C1C)C2(C)C)[C@@H](NC(=O)c1ccccc1)c1ccccc1. The molecular weight excluding hydrogens is 946 g/mol. The van der Waals surface area contributed by atoms with Crippen molar-refractivity contribution in [1.82, 2.24) is 5.32 Å². The number of carbonyl (C=O) groups is 6. The largest absolute Gasteiger partial charge is 0.455 e. The van der Waals surface area contributed by atoms with Crippen molar-refractivity contribution in [3.63, 3.8) is 0 Å². The van der Waals surface area contributed by atoms with Crippen molar-refractivity contribution < 1.29 is 72.4 Å². The third kappa shape index (κ3) is 9.16. The molecule has 0 spiro atoms. The number of rotatable bonds is 15. The molecule has 4 aliphatic rings. The quantitative estimate of drug-likeness (QED) is 0.0412. The van der Waals surface area contributed by atoms with Gasteiger partial charge in [-0.3, -0.25) is 24.0 Å². The second-order valence-corrected chi connectivity index (χ2v) is 19.8. The second kappa shape index (κ2) is 20.0. The van der Waals surface area contributed by atoms with Gasteiger partial charge in [-0.1, -0.05) is 116 Å². The van der Waals surface area contributed by atoms with Gasteiger partial charge in [-0.2, -0.15) is 0 Å². The number of halogens is 1. The van der Waals surface area contributed by atoms with E-state index in [9.17, 15) is 29.4 Å². The minimum Gasteiger partial charge on any atom is -0.455 e. The lowest BCUT2D eigenvalue weighted by molar-refractivity contribution is -0.420. The number of esters is 4. The van der Waals surface area contributed by atoms with Gasteiger partial charge in [-0.25, -0.2) is 14.6 Å². The average Bonchev–Trinajstić information content (AvgIpc) is 3.31. The molecule has 12 atom stereocenters. The summed E-state index contributed by atoms with van der Waals surface area (Å²) in [4.78, 5) is 96.1. The molecule has 0 radical (unpaired) electrons. The summed E-state index contributed by atoms with van der Waals surface area (Å²) < 4.78 is 30.4. The van der Waals surface area contributed by atoms with E-state index in [4.69, 9.17) is 33.5 Å². The van der Waals surface area contributed by atoms with Crippen LogP contribution >= 0.6 is 15.9 Å². The average molecular weight is 1000 g/mol. The van der Waals surface area contributed by atoms with Gasteiger partial charge in [-0.05, 0) is 54.7 Å². The normalized spacial score (nSPS) is 30.6. The molecule has 1 heterocycles. The van der Waals surface area contributed by atoms with E-state index in [1.54, 1.807) is 113 Å². The number of aliphatic hydroxyl groups is 2. The van der Waals surface area contributed by atoms with Crippen LogP contribution < -0.4 is 5.32 Å². The Bertz CT molecular complexity index is 2410. The number of ketones is 1. The number of aliphatic hydroxyl groups excluding tert-OH is 1. The summed E-state index contributed by atoms with van der Waals surface area (Å²) in [5.74, 6) is -6.46. The number of amides is 1. The topological polar surface area (TPSA) is 220 Å². The highest BCUT2D eigenvalue weighted by atomic mass is 79.9. The molecule has 2 saturated carbocycles. The summed E-state index contributed by atoms with van der Waals surface area (Å²) in [6, 6.07) is 24.3. The highest BCUT2D eigenvalue weighted by Gasteiger charge is 2.78. The van der Waals surface area contributed by atoms with E-state index < -0.39 is 117 Å². The summed E-state index contributed by atoms with van der Waals surface area (Å²) in [7, 11) is 0. The van der Waals surface area contributed by atoms with Crippen molar-refractivity contribution in [3.8, 4) is 0 Å². The Hall–Kier alpha value is -5.30. The van der Waals surface area contributed by atoms with E-state index >= 15 is 9.59 Å². The van der Waals surface area contributed by atoms with Gasteiger partial charge >= 0.3 is 23.9 Å². The lowest BCUT2D eigenvalue weighted by atomic mass is 9.44. The molecule has 2 bridgehead atoms. The van der Waals surface area contributed by atoms with E-state index in [1.165, 1.54) is 13.8 Å². The molecule has 364 valence electrons. The molecule has 7 rings (SSSR count). The van der Waals surface area contributed by atoms with E-state index in [0.717, 1.165) is 6.92 Å². The van der Waals surface area contributed by atoms with E-state index in [-0.39, 0.29) is 42.8 Å². The number of hydrogen-bond acceptors (Lipinski definition) is 15. The Morgan fingerprint density at radius 1 is 0.882 bits per heavy atom. The first-order chi connectivity index (χ1) is 32.2. The smallest absolute Gasteiger partial charge is 0.350 e. The zero-order valence-electron chi connectivity index (χ0n) is 39.0. The number of ether oxygens (including phenoxy) is 5. The van der Waals surface area contributed by atoms with Crippen molar-refractivity contribution in [3.05, 3.63) is 119 Å². The fraction of sp³-hybridized carbons (Fsp3) is 0.490. The number of Topliss-reactive ketones (excluding diaryl/α,β-unsaturated/α-hetero) is 1. The molecule has 3 aromatic carbocycles. The number of fused-ring (bicyclic) bond motifs is 5. The predicted molar refractivity (Wildman–Crippen MR) is 245 cm³/mol. The minimum atomic E-state index is -2.31. The Labute approximate surface area is 403 Å². The molecule has 3 fully saturated rings. The van der Waals surface area contributed by atoms with Gasteiger partial charge < -0.3 is 39.2 Å². The van der Waals surface area contributed by atoms with Gasteiger partial charge in [0.2, 0.25) is 6.10 Å². The van der Waals surface area contributed by atoms with Crippen LogP contribution in [-0.4, -0.2) is 105 Å². The molecule has 1 saturated heterocycles. The van der Waals surface area contributed by atoms with E-state index in [0.29, 0.717) is 11.1 Å². The zero-order valence-corrected chi connectivity index (χ0v) is 40.6. The van der Waals surface area contributed by atoms with Crippen LogP contribution in [0.15, 0.2) is 102 Å². The summed E-state index contributed by atoms with van der Waals surface area (Å²) in [5, 5.41) is 28.9. The third-order valence-corrected chi connectivity index (χ3v) is 15.3. The van der Waals surface area contributed by atoms with Gasteiger partial charge in [-0.15, -0.1) is 0 Å². The summed E-state index contributed by atoms with van der Waals surface area (Å²) in [5.41, 5.74) is -6.07. The molecule has 1 aliphatic heterocycles. The second-order valence-electron chi connectivity index (χ2n) is 18.7. The maximum atomic E-state index is 15.7. The first-order valence-corrected chi connectivity index (χ1v) is 23.5. The van der Waals surface area contributed by atoms with Crippen LogP contribution in [0.4, 0.5) is 0 Å². The maximum absolute atomic E-state index is 15.7. The lowest BCUT2D eigenvalue weighted by Crippen LogP contribution is -2.81. The monoisotopic (exact) mass is 1000 g/mol. The van der Waals surface area contributed by atoms with Crippen LogP contribution in [0.5, 0.6) is 0 Å². The molecular formula is C51H58BrNO15. The Balaban J connectivity index is 1.40. The molecule has 1 amide bonds. The van der Waals surface area contributed by atoms with Gasteiger partial charge in [0.1, 0.15) is 41.4 Å². The zero-order chi connectivity index (χ0) is 49.3.